The van der Waals surface area contributed by atoms with Crippen LogP contribution in [0, 0.1) is 0 Å². The van der Waals surface area contributed by atoms with E-state index in [0.717, 1.165) is 5.56 Å². The van der Waals surface area contributed by atoms with Crippen LogP contribution in [0.5, 0.6) is 0 Å². The van der Waals surface area contributed by atoms with Crippen LogP contribution in [-0.2, 0) is 11.2 Å². The van der Waals surface area contributed by atoms with Crippen LogP contribution in [-0.4, -0.2) is 16.9 Å². The van der Waals surface area contributed by atoms with Gasteiger partial charge in [0.05, 0.1) is 11.3 Å². The number of thiocarbonyl (C=S) groups is 1. The molecule has 0 radical (unpaired) electrons. The number of anilines is 2. The largest absolute Gasteiger partial charge is 0.332 e. The van der Waals surface area contributed by atoms with Gasteiger partial charge in [-0.15, -0.1) is 0 Å². The minimum Gasteiger partial charge on any atom is -0.332 e. The second-order valence-electron chi connectivity index (χ2n) is 6.35. The molecule has 3 aromatic carbocycles. The van der Waals surface area contributed by atoms with E-state index < -0.39 is 0 Å². The number of carbonyl (C=O) groups excluding carboxylic acids is 2. The van der Waals surface area contributed by atoms with Crippen molar-refractivity contribution in [3.8, 4) is 0 Å². The second-order valence-corrected chi connectivity index (χ2v) is 6.76. The van der Waals surface area contributed by atoms with E-state index in [1.807, 2.05) is 60.7 Å². The second kappa shape index (κ2) is 10.1. The van der Waals surface area contributed by atoms with E-state index in [4.69, 9.17) is 12.2 Å². The van der Waals surface area contributed by atoms with Gasteiger partial charge in [0.25, 0.3) is 5.91 Å². The lowest BCUT2D eigenvalue weighted by molar-refractivity contribution is -0.119. The molecule has 3 aromatic rings. The number of aryl methyl sites for hydroxylation is 1. The molecule has 146 valence electrons. The highest BCUT2D eigenvalue weighted by Gasteiger charge is 2.13. The average molecular weight is 404 g/mol. The van der Waals surface area contributed by atoms with Crippen molar-refractivity contribution in [1.82, 2.24) is 5.32 Å². The zero-order valence-electron chi connectivity index (χ0n) is 15.7. The van der Waals surface area contributed by atoms with E-state index >= 15 is 0 Å². The summed E-state index contributed by atoms with van der Waals surface area (Å²) in [7, 11) is 0. The molecule has 0 aliphatic heterocycles. The monoisotopic (exact) mass is 403 g/mol. The van der Waals surface area contributed by atoms with Crippen molar-refractivity contribution in [2.24, 2.45) is 0 Å². The third-order valence-electron chi connectivity index (χ3n) is 4.19. The van der Waals surface area contributed by atoms with Gasteiger partial charge in [0.1, 0.15) is 0 Å². The highest BCUT2D eigenvalue weighted by molar-refractivity contribution is 7.80. The maximum absolute atomic E-state index is 12.6. The number of hydrogen-bond donors (Lipinski definition) is 3. The molecule has 0 fully saturated rings. The van der Waals surface area contributed by atoms with E-state index in [1.165, 1.54) is 0 Å². The molecule has 0 aliphatic carbocycles. The molecule has 2 amide bonds. The van der Waals surface area contributed by atoms with Crippen molar-refractivity contribution in [2.75, 3.05) is 10.6 Å². The van der Waals surface area contributed by atoms with Gasteiger partial charge in [-0.2, -0.15) is 0 Å². The third kappa shape index (κ3) is 6.26. The standard InChI is InChI=1S/C23H21N3O2S/c27-21(16-15-17-9-3-1-4-10-17)26-23(29)25-20-14-8-7-13-19(20)22(28)24-18-11-5-2-6-12-18/h1-14H,15-16H2,(H,24,28)(H2,25,26,27,29). The Morgan fingerprint density at radius 2 is 1.38 bits per heavy atom. The van der Waals surface area contributed by atoms with Crippen LogP contribution in [0.3, 0.4) is 0 Å². The summed E-state index contributed by atoms with van der Waals surface area (Å²) < 4.78 is 0. The summed E-state index contributed by atoms with van der Waals surface area (Å²) in [5.74, 6) is -0.449. The van der Waals surface area contributed by atoms with Crippen molar-refractivity contribution in [3.63, 3.8) is 0 Å². The Hall–Kier alpha value is -3.51. The summed E-state index contributed by atoms with van der Waals surface area (Å²) in [6.45, 7) is 0. The molecule has 0 spiro atoms. The van der Waals surface area contributed by atoms with Crippen LogP contribution in [0.15, 0.2) is 84.9 Å². The lowest BCUT2D eigenvalue weighted by Crippen LogP contribution is -2.34. The SMILES string of the molecule is O=C(CCc1ccccc1)NC(=S)Nc1ccccc1C(=O)Nc1ccccc1. The number of benzene rings is 3. The molecule has 6 heteroatoms. The molecule has 0 saturated heterocycles. The van der Waals surface area contributed by atoms with Gasteiger partial charge in [-0.3, -0.25) is 9.59 Å². The molecule has 0 unspecified atom stereocenters. The highest BCUT2D eigenvalue weighted by Crippen LogP contribution is 2.17. The smallest absolute Gasteiger partial charge is 0.257 e. The topological polar surface area (TPSA) is 70.2 Å². The minimum atomic E-state index is -0.266. The van der Waals surface area contributed by atoms with E-state index in [2.05, 4.69) is 16.0 Å². The quantitative estimate of drug-likeness (QED) is 0.534. The average Bonchev–Trinajstić information content (AvgIpc) is 2.74. The molecule has 3 N–H and O–H groups in total. The predicted octanol–water partition coefficient (Wildman–Crippen LogP) is 4.38. The summed E-state index contributed by atoms with van der Waals surface area (Å²) in [5.41, 5.74) is 2.74. The lowest BCUT2D eigenvalue weighted by atomic mass is 10.1. The fourth-order valence-electron chi connectivity index (χ4n) is 2.76. The molecular weight excluding hydrogens is 382 g/mol. The van der Waals surface area contributed by atoms with Gasteiger partial charge >= 0.3 is 0 Å². The van der Waals surface area contributed by atoms with Gasteiger partial charge in [0, 0.05) is 12.1 Å². The van der Waals surface area contributed by atoms with Gasteiger partial charge in [0.2, 0.25) is 5.91 Å². The molecule has 0 saturated carbocycles. The predicted molar refractivity (Wildman–Crippen MR) is 120 cm³/mol. The van der Waals surface area contributed by atoms with Crippen molar-refractivity contribution >= 4 is 40.5 Å². The van der Waals surface area contributed by atoms with E-state index in [1.54, 1.807) is 24.3 Å². The van der Waals surface area contributed by atoms with Crippen molar-refractivity contribution < 1.29 is 9.59 Å². The maximum Gasteiger partial charge on any atom is 0.257 e. The van der Waals surface area contributed by atoms with Crippen LogP contribution < -0.4 is 16.0 Å². The van der Waals surface area contributed by atoms with Gasteiger partial charge in [-0.05, 0) is 48.5 Å². The van der Waals surface area contributed by atoms with Gasteiger partial charge in [0.15, 0.2) is 5.11 Å². The van der Waals surface area contributed by atoms with Gasteiger partial charge in [-0.1, -0.05) is 60.7 Å². The zero-order chi connectivity index (χ0) is 20.5. The summed E-state index contributed by atoms with van der Waals surface area (Å²) in [6, 6.07) is 26.0. The first kappa shape index (κ1) is 20.2. The molecule has 29 heavy (non-hydrogen) atoms. The molecule has 0 aliphatic rings. The number of rotatable bonds is 6. The van der Waals surface area contributed by atoms with E-state index in [0.29, 0.717) is 29.8 Å². The first-order chi connectivity index (χ1) is 14.1. The number of carbonyl (C=O) groups is 2. The Kier molecular flexibility index (Phi) is 7.08. The number of para-hydroxylation sites is 2. The Morgan fingerprint density at radius 1 is 0.759 bits per heavy atom. The van der Waals surface area contributed by atoms with Gasteiger partial charge in [-0.25, -0.2) is 0 Å². The van der Waals surface area contributed by atoms with Crippen LogP contribution in [0.25, 0.3) is 0 Å². The highest BCUT2D eigenvalue weighted by atomic mass is 32.1. The van der Waals surface area contributed by atoms with Crippen molar-refractivity contribution in [2.45, 2.75) is 12.8 Å². The van der Waals surface area contributed by atoms with Crippen LogP contribution in [0.4, 0.5) is 11.4 Å². The molecular formula is C23H21N3O2S. The van der Waals surface area contributed by atoms with Crippen LogP contribution in [0.1, 0.15) is 22.3 Å². The molecule has 0 aromatic heterocycles. The Bertz CT molecular complexity index is 991. The number of amides is 2. The van der Waals surface area contributed by atoms with Crippen LogP contribution in [0.2, 0.25) is 0 Å². The van der Waals surface area contributed by atoms with E-state index in [9.17, 15) is 9.59 Å². The summed E-state index contributed by atoms with van der Waals surface area (Å²) >= 11 is 5.24. The normalized spacial score (nSPS) is 10.1. The van der Waals surface area contributed by atoms with Crippen molar-refractivity contribution in [1.29, 1.82) is 0 Å². The van der Waals surface area contributed by atoms with Crippen molar-refractivity contribution in [3.05, 3.63) is 96.1 Å². The fraction of sp³-hybridized carbons (Fsp3) is 0.0870. The number of hydrogen-bond acceptors (Lipinski definition) is 3. The number of nitrogens with one attached hydrogen (secondary N) is 3. The zero-order valence-corrected chi connectivity index (χ0v) is 16.5. The molecule has 5 nitrogen and oxygen atoms in total. The summed E-state index contributed by atoms with van der Waals surface area (Å²) in [5, 5.41) is 8.61. The Morgan fingerprint density at radius 3 is 2.10 bits per heavy atom. The first-order valence-electron chi connectivity index (χ1n) is 9.22. The van der Waals surface area contributed by atoms with Crippen LogP contribution >= 0.6 is 12.2 Å². The Labute approximate surface area is 175 Å². The summed E-state index contributed by atoms with van der Waals surface area (Å²) in [4.78, 5) is 24.8. The molecule has 3 rings (SSSR count). The fourth-order valence-corrected chi connectivity index (χ4v) is 2.98. The maximum atomic E-state index is 12.6. The minimum absolute atomic E-state index is 0.156. The molecule has 0 atom stereocenters. The third-order valence-corrected chi connectivity index (χ3v) is 4.39. The summed E-state index contributed by atoms with van der Waals surface area (Å²) in [6.07, 6.45) is 0.952. The Balaban J connectivity index is 1.57. The molecule has 0 heterocycles. The molecule has 0 bridgehead atoms. The first-order valence-corrected chi connectivity index (χ1v) is 9.63. The lowest BCUT2D eigenvalue weighted by Gasteiger charge is -2.13. The van der Waals surface area contributed by atoms with E-state index in [-0.39, 0.29) is 16.9 Å². The van der Waals surface area contributed by atoms with Gasteiger partial charge < -0.3 is 16.0 Å².